The number of ether oxygens (including phenoxy) is 1. The normalized spacial score (nSPS) is 21.6. The van der Waals surface area contributed by atoms with E-state index < -0.39 is 20.9 Å². The Kier molecular flexibility index (Phi) is 6.29. The van der Waals surface area contributed by atoms with Crippen LogP contribution in [0, 0.1) is 5.82 Å². The minimum Gasteiger partial charge on any atom is -0.373 e. The molecule has 1 aromatic carbocycles. The maximum Gasteiger partial charge on any atom is 0.221 e. The monoisotopic (exact) mass is 411 g/mol. The lowest BCUT2D eigenvalue weighted by atomic mass is 10.0. The lowest BCUT2D eigenvalue weighted by molar-refractivity contribution is -0.122. The Hall–Kier alpha value is -1.77. The molecule has 2 aromatic rings. The van der Waals surface area contributed by atoms with Crippen LogP contribution in [0.1, 0.15) is 37.2 Å². The Bertz CT molecular complexity index is 866. The highest BCUT2D eigenvalue weighted by Gasteiger charge is 2.29. The molecule has 2 heterocycles. The lowest BCUT2D eigenvalue weighted by Gasteiger charge is -2.30. The average molecular weight is 412 g/mol. The second-order valence-electron chi connectivity index (χ2n) is 6.68. The number of amides is 1. The van der Waals surface area contributed by atoms with Gasteiger partial charge in [0.25, 0.3) is 0 Å². The summed E-state index contributed by atoms with van der Waals surface area (Å²) in [5, 5.41) is 4.03. The van der Waals surface area contributed by atoms with Gasteiger partial charge in [-0.3, -0.25) is 4.79 Å². The topological polar surface area (TPSA) is 72.5 Å². The fourth-order valence-corrected chi connectivity index (χ4v) is 5.25. The van der Waals surface area contributed by atoms with Gasteiger partial charge in [-0.1, -0.05) is 6.07 Å². The molecular weight excluding hydrogens is 389 g/mol. The molecular formula is C19H22FNO4S2. The zero-order valence-corrected chi connectivity index (χ0v) is 16.6. The van der Waals surface area contributed by atoms with E-state index in [1.807, 2.05) is 17.5 Å². The Morgan fingerprint density at radius 2 is 2.07 bits per heavy atom. The van der Waals surface area contributed by atoms with Crippen molar-refractivity contribution >= 4 is 27.1 Å². The number of thiophene rings is 1. The van der Waals surface area contributed by atoms with E-state index in [4.69, 9.17) is 4.74 Å². The quantitative estimate of drug-likeness (QED) is 0.739. The van der Waals surface area contributed by atoms with Crippen molar-refractivity contribution in [2.24, 2.45) is 0 Å². The number of hydrogen-bond donors (Lipinski definition) is 1. The molecule has 8 heteroatoms. The van der Waals surface area contributed by atoms with Gasteiger partial charge in [-0.2, -0.15) is 0 Å². The summed E-state index contributed by atoms with van der Waals surface area (Å²) in [4.78, 5) is 13.5. The molecule has 0 spiro atoms. The molecule has 3 rings (SSSR count). The van der Waals surface area contributed by atoms with Gasteiger partial charge in [-0.15, -0.1) is 11.3 Å². The molecule has 1 N–H and O–H groups in total. The molecule has 3 atom stereocenters. The molecule has 1 aromatic heterocycles. The SMILES string of the molecule is CC(CC(=O)N[C@@H]1CCO[C@@H](c2cccs2)C1)S(=O)(=O)c1ccc(F)cc1. The number of benzene rings is 1. The summed E-state index contributed by atoms with van der Waals surface area (Å²) >= 11 is 1.62. The third kappa shape index (κ3) is 4.94. The lowest BCUT2D eigenvalue weighted by Crippen LogP contribution is -2.41. The average Bonchev–Trinajstić information content (AvgIpc) is 3.17. The van der Waals surface area contributed by atoms with Crippen LogP contribution in [-0.2, 0) is 19.4 Å². The predicted octanol–water partition coefficient (Wildman–Crippen LogP) is 3.48. The number of sulfone groups is 1. The summed E-state index contributed by atoms with van der Waals surface area (Å²) in [6, 6.07) is 8.59. The van der Waals surface area contributed by atoms with Crippen LogP contribution < -0.4 is 5.32 Å². The van der Waals surface area contributed by atoms with Gasteiger partial charge >= 0.3 is 0 Å². The zero-order chi connectivity index (χ0) is 19.4. The third-order valence-electron chi connectivity index (χ3n) is 4.65. The maximum absolute atomic E-state index is 13.0. The van der Waals surface area contributed by atoms with Crippen LogP contribution in [0.2, 0.25) is 0 Å². The molecule has 27 heavy (non-hydrogen) atoms. The van der Waals surface area contributed by atoms with E-state index in [-0.39, 0.29) is 29.4 Å². The van der Waals surface area contributed by atoms with Crippen molar-refractivity contribution in [3.05, 3.63) is 52.5 Å². The van der Waals surface area contributed by atoms with Gasteiger partial charge in [-0.05, 0) is 55.5 Å². The van der Waals surface area contributed by atoms with E-state index in [0.29, 0.717) is 19.4 Å². The highest BCUT2D eigenvalue weighted by molar-refractivity contribution is 7.92. The maximum atomic E-state index is 13.0. The largest absolute Gasteiger partial charge is 0.373 e. The minimum absolute atomic E-state index is 0.0213. The van der Waals surface area contributed by atoms with E-state index in [1.54, 1.807) is 11.3 Å². The second-order valence-corrected chi connectivity index (χ2v) is 10.0. The van der Waals surface area contributed by atoms with Crippen molar-refractivity contribution < 1.29 is 22.3 Å². The number of hydrogen-bond acceptors (Lipinski definition) is 5. The van der Waals surface area contributed by atoms with Crippen molar-refractivity contribution in [2.45, 2.75) is 48.5 Å². The van der Waals surface area contributed by atoms with Crippen LogP contribution in [0.3, 0.4) is 0 Å². The van der Waals surface area contributed by atoms with Gasteiger partial charge in [-0.25, -0.2) is 12.8 Å². The standard InChI is InChI=1S/C19H22FNO4S2/c1-13(27(23,24)16-6-4-14(20)5-7-16)11-19(22)21-15-8-9-25-17(12-15)18-3-2-10-26-18/h2-7,10,13,15,17H,8-9,11-12H2,1H3,(H,21,22)/t13?,15-,17-/m1/s1. The van der Waals surface area contributed by atoms with Gasteiger partial charge in [0.05, 0.1) is 16.2 Å². The van der Waals surface area contributed by atoms with E-state index in [2.05, 4.69) is 5.32 Å². The zero-order valence-electron chi connectivity index (χ0n) is 14.9. The molecule has 5 nitrogen and oxygen atoms in total. The Balaban J connectivity index is 1.57. The van der Waals surface area contributed by atoms with Crippen molar-refractivity contribution in [2.75, 3.05) is 6.61 Å². The van der Waals surface area contributed by atoms with E-state index >= 15 is 0 Å². The summed E-state index contributed by atoms with van der Waals surface area (Å²) in [5.41, 5.74) is 0. The highest BCUT2D eigenvalue weighted by Crippen LogP contribution is 2.31. The number of halogens is 1. The minimum atomic E-state index is -3.69. The summed E-state index contributed by atoms with van der Waals surface area (Å²) < 4.78 is 43.9. The van der Waals surface area contributed by atoms with Crippen LogP contribution in [0.25, 0.3) is 0 Å². The van der Waals surface area contributed by atoms with Crippen LogP contribution in [0.15, 0.2) is 46.7 Å². The summed E-state index contributed by atoms with van der Waals surface area (Å²) in [6.45, 7) is 2.05. The first-order chi connectivity index (χ1) is 12.9. The molecule has 146 valence electrons. The molecule has 0 aliphatic carbocycles. The van der Waals surface area contributed by atoms with Crippen LogP contribution in [-0.4, -0.2) is 32.2 Å². The van der Waals surface area contributed by atoms with Crippen LogP contribution in [0.5, 0.6) is 0 Å². The predicted molar refractivity (Wildman–Crippen MR) is 102 cm³/mol. The molecule has 1 fully saturated rings. The summed E-state index contributed by atoms with van der Waals surface area (Å²) in [6.07, 6.45) is 1.20. The smallest absolute Gasteiger partial charge is 0.221 e. The number of rotatable bonds is 6. The van der Waals surface area contributed by atoms with Gasteiger partial charge in [0.15, 0.2) is 9.84 Å². The van der Waals surface area contributed by atoms with E-state index in [0.717, 1.165) is 17.0 Å². The number of nitrogens with one attached hydrogen (secondary N) is 1. The Morgan fingerprint density at radius 3 is 2.74 bits per heavy atom. The summed E-state index contributed by atoms with van der Waals surface area (Å²) in [7, 11) is -3.69. The molecule has 1 saturated heterocycles. The molecule has 1 aliphatic heterocycles. The Labute approximate surface area is 162 Å². The molecule has 1 unspecified atom stereocenters. The van der Waals surface area contributed by atoms with Crippen LogP contribution in [0.4, 0.5) is 4.39 Å². The van der Waals surface area contributed by atoms with Gasteiger partial charge in [0.2, 0.25) is 5.91 Å². The van der Waals surface area contributed by atoms with E-state index in [9.17, 15) is 17.6 Å². The highest BCUT2D eigenvalue weighted by atomic mass is 32.2. The molecule has 0 bridgehead atoms. The second kappa shape index (κ2) is 8.50. The first-order valence-electron chi connectivity index (χ1n) is 8.80. The van der Waals surface area contributed by atoms with Crippen molar-refractivity contribution in [1.29, 1.82) is 0 Å². The van der Waals surface area contributed by atoms with Crippen molar-refractivity contribution in [3.63, 3.8) is 0 Å². The number of carbonyl (C=O) groups excluding carboxylic acids is 1. The van der Waals surface area contributed by atoms with Crippen LogP contribution >= 0.6 is 11.3 Å². The number of carbonyl (C=O) groups is 1. The molecule has 1 aliphatic rings. The fraction of sp³-hybridized carbons (Fsp3) is 0.421. The summed E-state index contributed by atoms with van der Waals surface area (Å²) in [5.74, 6) is -0.802. The molecule has 0 saturated carbocycles. The fourth-order valence-electron chi connectivity index (χ4n) is 3.11. The van der Waals surface area contributed by atoms with Gasteiger partial charge in [0.1, 0.15) is 5.82 Å². The van der Waals surface area contributed by atoms with Gasteiger partial charge in [0, 0.05) is 23.9 Å². The first-order valence-corrected chi connectivity index (χ1v) is 11.2. The Morgan fingerprint density at radius 1 is 1.33 bits per heavy atom. The molecule has 1 amide bonds. The van der Waals surface area contributed by atoms with Gasteiger partial charge < -0.3 is 10.1 Å². The van der Waals surface area contributed by atoms with E-state index in [1.165, 1.54) is 19.1 Å². The first kappa shape index (κ1) is 20.0. The van der Waals surface area contributed by atoms with Crippen molar-refractivity contribution in [3.8, 4) is 0 Å². The molecule has 0 radical (unpaired) electrons. The van der Waals surface area contributed by atoms with Crippen molar-refractivity contribution in [1.82, 2.24) is 5.32 Å². The third-order valence-corrected chi connectivity index (χ3v) is 7.77.